The van der Waals surface area contributed by atoms with Crippen molar-refractivity contribution in [1.29, 1.82) is 5.26 Å². The number of likely N-dealkylation sites (tertiary alicyclic amines) is 1. The Morgan fingerprint density at radius 2 is 2.00 bits per heavy atom. The summed E-state index contributed by atoms with van der Waals surface area (Å²) in [4.78, 5) is 25.5. The quantitative estimate of drug-likeness (QED) is 0.782. The average Bonchev–Trinajstić information content (AvgIpc) is 2.80. The lowest BCUT2D eigenvalue weighted by atomic mass is 9.83. The van der Waals surface area contributed by atoms with Crippen LogP contribution in [-0.4, -0.2) is 41.9 Å². The molecule has 2 aliphatic rings. The van der Waals surface area contributed by atoms with Gasteiger partial charge in [-0.2, -0.15) is 5.26 Å². The third-order valence-corrected chi connectivity index (χ3v) is 4.72. The Balaban J connectivity index is 1.88. The van der Waals surface area contributed by atoms with E-state index in [2.05, 4.69) is 11.4 Å². The van der Waals surface area contributed by atoms with Crippen LogP contribution < -0.4 is 11.1 Å². The Morgan fingerprint density at radius 3 is 2.52 bits per heavy atom. The molecule has 116 valence electrons. The van der Waals surface area contributed by atoms with E-state index < -0.39 is 5.54 Å². The first kappa shape index (κ1) is 15.8. The van der Waals surface area contributed by atoms with Crippen molar-refractivity contribution >= 4 is 11.8 Å². The molecule has 2 fully saturated rings. The molecule has 0 radical (unpaired) electrons. The van der Waals surface area contributed by atoms with E-state index in [0.717, 1.165) is 32.1 Å². The smallest absolute Gasteiger partial charge is 0.235 e. The van der Waals surface area contributed by atoms with Gasteiger partial charge in [-0.25, -0.2) is 0 Å². The second-order valence-corrected chi connectivity index (χ2v) is 6.48. The van der Waals surface area contributed by atoms with Gasteiger partial charge in [0.1, 0.15) is 5.54 Å². The summed E-state index contributed by atoms with van der Waals surface area (Å²) in [7, 11) is 0. The van der Waals surface area contributed by atoms with Gasteiger partial charge >= 0.3 is 0 Å². The minimum absolute atomic E-state index is 0.129. The van der Waals surface area contributed by atoms with Gasteiger partial charge < -0.3 is 11.1 Å². The number of carbonyl (C=O) groups excluding carboxylic acids is 2. The van der Waals surface area contributed by atoms with E-state index in [0.29, 0.717) is 13.1 Å². The molecular weight excluding hydrogens is 268 g/mol. The molecule has 1 aliphatic carbocycles. The average molecular weight is 292 g/mol. The van der Waals surface area contributed by atoms with Crippen molar-refractivity contribution < 1.29 is 9.59 Å². The fourth-order valence-corrected chi connectivity index (χ4v) is 3.50. The monoisotopic (exact) mass is 292 g/mol. The first-order valence-electron chi connectivity index (χ1n) is 7.70. The van der Waals surface area contributed by atoms with E-state index in [4.69, 9.17) is 5.73 Å². The lowest BCUT2D eigenvalue weighted by molar-refractivity contribution is -0.125. The molecule has 1 saturated heterocycles. The molecule has 0 unspecified atom stereocenters. The van der Waals surface area contributed by atoms with Crippen LogP contribution in [0.1, 0.15) is 39.0 Å². The number of amides is 2. The molecule has 6 heteroatoms. The Morgan fingerprint density at radius 1 is 1.33 bits per heavy atom. The van der Waals surface area contributed by atoms with Crippen LogP contribution in [0.15, 0.2) is 0 Å². The zero-order valence-corrected chi connectivity index (χ0v) is 12.6. The molecule has 0 bridgehead atoms. The summed E-state index contributed by atoms with van der Waals surface area (Å²) in [6.45, 7) is 3.44. The van der Waals surface area contributed by atoms with E-state index >= 15 is 0 Å². The molecule has 6 nitrogen and oxygen atoms in total. The highest BCUT2D eigenvalue weighted by molar-refractivity contribution is 5.80. The van der Waals surface area contributed by atoms with Crippen LogP contribution in [0.5, 0.6) is 0 Å². The third-order valence-electron chi connectivity index (χ3n) is 4.72. The molecule has 0 spiro atoms. The van der Waals surface area contributed by atoms with Crippen molar-refractivity contribution in [2.45, 2.75) is 44.6 Å². The summed E-state index contributed by atoms with van der Waals surface area (Å²) >= 11 is 0. The number of primary amides is 1. The molecule has 0 aromatic heterocycles. The fourth-order valence-electron chi connectivity index (χ4n) is 3.50. The normalized spacial score (nSPS) is 28.8. The van der Waals surface area contributed by atoms with Crippen molar-refractivity contribution in [3.8, 4) is 6.07 Å². The first-order chi connectivity index (χ1) is 9.96. The summed E-state index contributed by atoms with van der Waals surface area (Å²) < 4.78 is 0. The second kappa shape index (κ2) is 6.44. The summed E-state index contributed by atoms with van der Waals surface area (Å²) in [5.74, 6) is -0.436. The molecule has 2 rings (SSSR count). The number of hydrogen-bond acceptors (Lipinski definition) is 4. The molecule has 1 aliphatic heterocycles. The van der Waals surface area contributed by atoms with Crippen LogP contribution in [0.2, 0.25) is 0 Å². The highest BCUT2D eigenvalue weighted by Gasteiger charge is 2.37. The lowest BCUT2D eigenvalue weighted by Gasteiger charge is -2.32. The van der Waals surface area contributed by atoms with Gasteiger partial charge in [0.05, 0.1) is 18.5 Å². The number of carbonyl (C=O) groups is 2. The van der Waals surface area contributed by atoms with Crippen LogP contribution in [0.25, 0.3) is 0 Å². The van der Waals surface area contributed by atoms with Crippen LogP contribution in [-0.2, 0) is 9.59 Å². The lowest BCUT2D eigenvalue weighted by Crippen LogP contribution is -2.51. The number of nitrogens with zero attached hydrogens (tertiary/aromatic N) is 2. The van der Waals surface area contributed by atoms with Gasteiger partial charge in [0.15, 0.2) is 0 Å². The highest BCUT2D eigenvalue weighted by atomic mass is 16.2. The molecule has 3 N–H and O–H groups in total. The first-order valence-corrected chi connectivity index (χ1v) is 7.70. The van der Waals surface area contributed by atoms with E-state index in [-0.39, 0.29) is 30.2 Å². The van der Waals surface area contributed by atoms with Crippen molar-refractivity contribution in [2.24, 2.45) is 17.6 Å². The third kappa shape index (κ3) is 3.73. The minimum Gasteiger partial charge on any atom is -0.369 e. The fraction of sp³-hybridized carbons (Fsp3) is 0.800. The van der Waals surface area contributed by atoms with Gasteiger partial charge in [-0.1, -0.05) is 26.2 Å². The van der Waals surface area contributed by atoms with Crippen LogP contribution >= 0.6 is 0 Å². The predicted molar refractivity (Wildman–Crippen MR) is 77.9 cm³/mol. The predicted octanol–water partition coefficient (Wildman–Crippen LogP) is 0.382. The highest BCUT2D eigenvalue weighted by Crippen LogP contribution is 2.28. The molecule has 0 aromatic rings. The molecular formula is C15H24N4O2. The number of rotatable bonds is 4. The van der Waals surface area contributed by atoms with Crippen molar-refractivity contribution in [3.05, 3.63) is 0 Å². The maximum absolute atomic E-state index is 12.2. The van der Waals surface area contributed by atoms with Crippen molar-refractivity contribution in [3.63, 3.8) is 0 Å². The zero-order valence-electron chi connectivity index (χ0n) is 12.6. The maximum Gasteiger partial charge on any atom is 0.235 e. The standard InChI is InChI=1S/C15H24N4O2/c1-11-7-19(8-12(11)14(17)21)9-13(20)18-15(10-16)5-3-2-4-6-15/h11-12H,2-9H2,1H3,(H2,17,21)(H,18,20)/t11-,12-/m1/s1. The number of hydrogen-bond donors (Lipinski definition) is 2. The van der Waals surface area contributed by atoms with Gasteiger partial charge in [0, 0.05) is 13.1 Å². The summed E-state index contributed by atoms with van der Waals surface area (Å²) in [5.41, 5.74) is 4.67. The molecule has 1 heterocycles. The van der Waals surface area contributed by atoms with E-state index in [9.17, 15) is 14.9 Å². The zero-order chi connectivity index (χ0) is 15.5. The largest absolute Gasteiger partial charge is 0.369 e. The summed E-state index contributed by atoms with van der Waals surface area (Å²) in [6, 6.07) is 2.28. The second-order valence-electron chi connectivity index (χ2n) is 6.48. The van der Waals surface area contributed by atoms with Gasteiger partial charge in [-0.15, -0.1) is 0 Å². The number of nitriles is 1. The van der Waals surface area contributed by atoms with E-state index in [1.807, 2.05) is 11.8 Å². The maximum atomic E-state index is 12.2. The Kier molecular flexibility index (Phi) is 4.84. The molecule has 2 atom stereocenters. The number of nitrogens with two attached hydrogens (primary N) is 1. The van der Waals surface area contributed by atoms with Crippen LogP contribution in [0.3, 0.4) is 0 Å². The van der Waals surface area contributed by atoms with E-state index in [1.165, 1.54) is 0 Å². The Bertz CT molecular complexity index is 451. The SMILES string of the molecule is C[C@@H]1CN(CC(=O)NC2(C#N)CCCCC2)C[C@H]1C(N)=O. The molecule has 21 heavy (non-hydrogen) atoms. The van der Waals surface area contributed by atoms with Gasteiger partial charge in [0.2, 0.25) is 11.8 Å². The van der Waals surface area contributed by atoms with Crippen molar-refractivity contribution in [2.75, 3.05) is 19.6 Å². The molecule has 0 aromatic carbocycles. The number of nitrogens with one attached hydrogen (secondary N) is 1. The van der Waals surface area contributed by atoms with Crippen LogP contribution in [0.4, 0.5) is 0 Å². The van der Waals surface area contributed by atoms with Gasteiger partial charge in [0.25, 0.3) is 0 Å². The Labute approximate surface area is 125 Å². The minimum atomic E-state index is -0.691. The summed E-state index contributed by atoms with van der Waals surface area (Å²) in [5, 5.41) is 12.3. The molecule has 1 saturated carbocycles. The van der Waals surface area contributed by atoms with Crippen molar-refractivity contribution in [1.82, 2.24) is 10.2 Å². The van der Waals surface area contributed by atoms with Gasteiger partial charge in [-0.3, -0.25) is 14.5 Å². The summed E-state index contributed by atoms with van der Waals surface area (Å²) in [6.07, 6.45) is 4.56. The molecule has 2 amide bonds. The van der Waals surface area contributed by atoms with Crippen LogP contribution in [0, 0.1) is 23.2 Å². The van der Waals surface area contributed by atoms with Gasteiger partial charge in [-0.05, 0) is 18.8 Å². The topological polar surface area (TPSA) is 99.2 Å². The Hall–Kier alpha value is -1.61. The van der Waals surface area contributed by atoms with E-state index in [1.54, 1.807) is 0 Å².